The predicted molar refractivity (Wildman–Crippen MR) is 64.0 cm³/mol. The Morgan fingerprint density at radius 2 is 1.94 bits per heavy atom. The summed E-state index contributed by atoms with van der Waals surface area (Å²) >= 11 is 0. The molecule has 0 aromatic rings. The Hall–Kier alpha value is -1.10. The summed E-state index contributed by atoms with van der Waals surface area (Å²) in [6.07, 6.45) is 0. The van der Waals surface area contributed by atoms with Crippen molar-refractivity contribution in [2.75, 3.05) is 33.2 Å². The van der Waals surface area contributed by atoms with Gasteiger partial charge in [-0.2, -0.15) is 0 Å². The maximum absolute atomic E-state index is 11.9. The second kappa shape index (κ2) is 8.10. The molecule has 0 bridgehead atoms. The number of hydrogen-bond donors (Lipinski definition) is 2. The van der Waals surface area contributed by atoms with Gasteiger partial charge in [-0.05, 0) is 13.5 Å². The third-order valence-electron chi connectivity index (χ3n) is 2.43. The Labute approximate surface area is 97.6 Å². The lowest BCUT2D eigenvalue weighted by Crippen LogP contribution is -2.43. The van der Waals surface area contributed by atoms with Crippen LogP contribution >= 0.6 is 0 Å². The molecule has 1 unspecified atom stereocenters. The minimum absolute atomic E-state index is 0.0204. The fraction of sp³-hybridized carbons (Fsp3) is 0.818. The average molecular weight is 229 g/mol. The van der Waals surface area contributed by atoms with Crippen LogP contribution in [0.1, 0.15) is 20.8 Å². The number of nitrogens with one attached hydrogen (secondary N) is 2. The average Bonchev–Trinajstić information content (AvgIpc) is 2.31. The number of likely N-dealkylation sites (N-methyl/N-ethyl adjacent to an activating group) is 2. The molecule has 0 aliphatic rings. The fourth-order valence-corrected chi connectivity index (χ4v) is 1.36. The Bertz CT molecular complexity index is 231. The third kappa shape index (κ3) is 5.11. The van der Waals surface area contributed by atoms with E-state index in [1.165, 1.54) is 0 Å². The molecule has 0 fully saturated rings. The fourth-order valence-electron chi connectivity index (χ4n) is 1.36. The molecule has 0 spiro atoms. The zero-order valence-electron chi connectivity index (χ0n) is 10.7. The highest BCUT2D eigenvalue weighted by atomic mass is 16.2. The zero-order chi connectivity index (χ0) is 12.6. The van der Waals surface area contributed by atoms with Gasteiger partial charge in [0.15, 0.2) is 0 Å². The predicted octanol–water partition coefficient (Wildman–Crippen LogP) is -0.173. The van der Waals surface area contributed by atoms with Crippen molar-refractivity contribution in [2.45, 2.75) is 20.8 Å². The summed E-state index contributed by atoms with van der Waals surface area (Å²) in [6, 6.07) is 0. The van der Waals surface area contributed by atoms with Gasteiger partial charge in [-0.3, -0.25) is 9.59 Å². The van der Waals surface area contributed by atoms with Crippen LogP contribution in [-0.2, 0) is 9.59 Å². The summed E-state index contributed by atoms with van der Waals surface area (Å²) in [4.78, 5) is 24.7. The lowest BCUT2D eigenvalue weighted by Gasteiger charge is -2.23. The van der Waals surface area contributed by atoms with Gasteiger partial charge < -0.3 is 15.5 Å². The van der Waals surface area contributed by atoms with E-state index in [9.17, 15) is 9.59 Å². The Morgan fingerprint density at radius 1 is 1.31 bits per heavy atom. The third-order valence-corrected chi connectivity index (χ3v) is 2.43. The molecule has 2 amide bonds. The van der Waals surface area contributed by atoms with Crippen LogP contribution in [0, 0.1) is 5.92 Å². The van der Waals surface area contributed by atoms with Gasteiger partial charge in [0.05, 0.1) is 6.54 Å². The van der Waals surface area contributed by atoms with E-state index < -0.39 is 0 Å². The Morgan fingerprint density at radius 3 is 2.38 bits per heavy atom. The number of hydrogen-bond acceptors (Lipinski definition) is 3. The van der Waals surface area contributed by atoms with Crippen LogP contribution in [0.2, 0.25) is 0 Å². The molecule has 1 atom stereocenters. The summed E-state index contributed by atoms with van der Waals surface area (Å²) in [5, 5.41) is 5.65. The standard InChI is InChI=1S/C11H23N3O2/c1-5-13-7-9(3)11(16)14(6-2)8-10(15)12-4/h9,13H,5-8H2,1-4H3,(H,12,15). The minimum atomic E-state index is -0.133. The number of nitrogens with zero attached hydrogens (tertiary/aromatic N) is 1. The Kier molecular flexibility index (Phi) is 7.54. The van der Waals surface area contributed by atoms with Gasteiger partial charge in [0, 0.05) is 26.1 Å². The molecule has 94 valence electrons. The van der Waals surface area contributed by atoms with Crippen LogP contribution in [0.15, 0.2) is 0 Å². The van der Waals surface area contributed by atoms with E-state index in [0.717, 1.165) is 6.54 Å². The molecule has 0 saturated heterocycles. The molecule has 2 N–H and O–H groups in total. The first-order chi connectivity index (χ1) is 7.56. The number of carbonyl (C=O) groups is 2. The van der Waals surface area contributed by atoms with Crippen molar-refractivity contribution in [1.82, 2.24) is 15.5 Å². The largest absolute Gasteiger partial charge is 0.358 e. The number of rotatable bonds is 7. The second-order valence-corrected chi connectivity index (χ2v) is 3.73. The van der Waals surface area contributed by atoms with Crippen molar-refractivity contribution >= 4 is 11.8 Å². The van der Waals surface area contributed by atoms with Gasteiger partial charge in [-0.25, -0.2) is 0 Å². The molecule has 0 aromatic heterocycles. The molecule has 0 aromatic carbocycles. The van der Waals surface area contributed by atoms with Gasteiger partial charge in [-0.1, -0.05) is 13.8 Å². The van der Waals surface area contributed by atoms with Crippen LogP contribution < -0.4 is 10.6 Å². The van der Waals surface area contributed by atoms with Crippen LogP contribution in [0.4, 0.5) is 0 Å². The second-order valence-electron chi connectivity index (χ2n) is 3.73. The van der Waals surface area contributed by atoms with E-state index >= 15 is 0 Å². The topological polar surface area (TPSA) is 61.4 Å². The van der Waals surface area contributed by atoms with Crippen LogP contribution in [-0.4, -0.2) is 49.9 Å². The first kappa shape index (κ1) is 14.9. The molecule has 0 aliphatic carbocycles. The molecule has 0 saturated carbocycles. The SMILES string of the molecule is CCNCC(C)C(=O)N(CC)CC(=O)NC. The lowest BCUT2D eigenvalue weighted by atomic mass is 10.1. The van der Waals surface area contributed by atoms with Gasteiger partial charge in [-0.15, -0.1) is 0 Å². The molecule has 5 heteroatoms. The molecular weight excluding hydrogens is 206 g/mol. The maximum Gasteiger partial charge on any atom is 0.239 e. The van der Waals surface area contributed by atoms with Crippen molar-refractivity contribution in [3.8, 4) is 0 Å². The van der Waals surface area contributed by atoms with E-state index in [1.54, 1.807) is 11.9 Å². The molecule has 5 nitrogen and oxygen atoms in total. The quantitative estimate of drug-likeness (QED) is 0.637. The van der Waals surface area contributed by atoms with Crippen LogP contribution in [0.5, 0.6) is 0 Å². The van der Waals surface area contributed by atoms with E-state index in [2.05, 4.69) is 10.6 Å². The molecule has 16 heavy (non-hydrogen) atoms. The summed E-state index contributed by atoms with van der Waals surface area (Å²) < 4.78 is 0. The summed E-state index contributed by atoms with van der Waals surface area (Å²) in [7, 11) is 1.57. The summed E-state index contributed by atoms with van der Waals surface area (Å²) in [6.45, 7) is 7.95. The van der Waals surface area contributed by atoms with E-state index in [4.69, 9.17) is 0 Å². The highest BCUT2D eigenvalue weighted by molar-refractivity contribution is 5.85. The molecule has 0 rings (SSSR count). The van der Waals surface area contributed by atoms with Gasteiger partial charge in [0.25, 0.3) is 0 Å². The van der Waals surface area contributed by atoms with E-state index in [0.29, 0.717) is 13.1 Å². The lowest BCUT2D eigenvalue weighted by molar-refractivity contribution is -0.138. The van der Waals surface area contributed by atoms with Gasteiger partial charge in [0.1, 0.15) is 0 Å². The Balaban J connectivity index is 4.23. The monoisotopic (exact) mass is 229 g/mol. The van der Waals surface area contributed by atoms with Crippen molar-refractivity contribution in [3.63, 3.8) is 0 Å². The minimum Gasteiger partial charge on any atom is -0.358 e. The maximum atomic E-state index is 11.9. The van der Waals surface area contributed by atoms with Gasteiger partial charge in [0.2, 0.25) is 11.8 Å². The van der Waals surface area contributed by atoms with Crippen molar-refractivity contribution in [2.24, 2.45) is 5.92 Å². The van der Waals surface area contributed by atoms with Gasteiger partial charge >= 0.3 is 0 Å². The summed E-state index contributed by atoms with van der Waals surface area (Å²) in [5.74, 6) is -0.206. The number of amides is 2. The summed E-state index contributed by atoms with van der Waals surface area (Å²) in [5.41, 5.74) is 0. The zero-order valence-corrected chi connectivity index (χ0v) is 10.7. The van der Waals surface area contributed by atoms with Crippen molar-refractivity contribution < 1.29 is 9.59 Å². The normalized spacial score (nSPS) is 12.0. The first-order valence-electron chi connectivity index (χ1n) is 5.76. The molecule has 0 aliphatic heterocycles. The van der Waals surface area contributed by atoms with Crippen molar-refractivity contribution in [1.29, 1.82) is 0 Å². The first-order valence-corrected chi connectivity index (χ1v) is 5.76. The molecule has 0 heterocycles. The molecule has 0 radical (unpaired) electrons. The van der Waals surface area contributed by atoms with Crippen LogP contribution in [0.25, 0.3) is 0 Å². The van der Waals surface area contributed by atoms with Crippen molar-refractivity contribution in [3.05, 3.63) is 0 Å². The van der Waals surface area contributed by atoms with E-state index in [-0.39, 0.29) is 24.3 Å². The highest BCUT2D eigenvalue weighted by Gasteiger charge is 2.20. The van der Waals surface area contributed by atoms with E-state index in [1.807, 2.05) is 20.8 Å². The highest BCUT2D eigenvalue weighted by Crippen LogP contribution is 2.01. The van der Waals surface area contributed by atoms with Crippen LogP contribution in [0.3, 0.4) is 0 Å². The molecular formula is C11H23N3O2. The smallest absolute Gasteiger partial charge is 0.239 e. The number of carbonyl (C=O) groups excluding carboxylic acids is 2.